The van der Waals surface area contributed by atoms with E-state index in [2.05, 4.69) is 4.98 Å². The lowest BCUT2D eigenvalue weighted by molar-refractivity contribution is -0.351. The molecule has 1 aromatic carbocycles. The van der Waals surface area contributed by atoms with E-state index >= 15 is 0 Å². The Bertz CT molecular complexity index is 755. The topological polar surface area (TPSA) is 153 Å². The Kier molecular flexibility index (Phi) is 4.00. The lowest BCUT2D eigenvalue weighted by Gasteiger charge is -2.35. The fourth-order valence-electron chi connectivity index (χ4n) is 2.07. The first kappa shape index (κ1) is 16.0. The number of ketones is 1. The number of hydrogen-bond donors (Lipinski definition) is 1. The van der Waals surface area contributed by atoms with Crippen LogP contribution in [-0.2, 0) is 19.8 Å². The van der Waals surface area contributed by atoms with E-state index in [1.807, 2.05) is 0 Å². The van der Waals surface area contributed by atoms with Crippen LogP contribution in [-0.4, -0.2) is 28.7 Å². The summed E-state index contributed by atoms with van der Waals surface area (Å²) < 4.78 is 0. The van der Waals surface area contributed by atoms with E-state index in [9.17, 15) is 34.5 Å². The summed E-state index contributed by atoms with van der Waals surface area (Å²) in [4.78, 5) is 47.6. The minimum absolute atomic E-state index is 0.195. The number of aliphatic carboxylic acids is 3. The van der Waals surface area contributed by atoms with Crippen LogP contribution < -0.4 is 15.3 Å². The van der Waals surface area contributed by atoms with Crippen LogP contribution in [0.4, 0.5) is 0 Å². The van der Waals surface area contributed by atoms with E-state index in [1.165, 1.54) is 12.1 Å². The molecular weight excluding hydrogens is 306 g/mol. The SMILES string of the molecule is O=C(c1ccccc1)c1ccc(C(C(=O)[O-])(C(=O)[O-])C(=O)[O-])[nH]1. The van der Waals surface area contributed by atoms with Crippen LogP contribution in [0.5, 0.6) is 0 Å². The Morgan fingerprint density at radius 2 is 1.30 bits per heavy atom. The third-order valence-corrected chi connectivity index (χ3v) is 3.29. The molecule has 0 aliphatic heterocycles. The van der Waals surface area contributed by atoms with Gasteiger partial charge in [0.25, 0.3) is 0 Å². The van der Waals surface area contributed by atoms with Gasteiger partial charge in [0.1, 0.15) is 5.41 Å². The molecule has 0 amide bonds. The van der Waals surface area contributed by atoms with Gasteiger partial charge in [0.15, 0.2) is 0 Å². The highest BCUT2D eigenvalue weighted by atomic mass is 16.4. The van der Waals surface area contributed by atoms with Gasteiger partial charge in [-0.15, -0.1) is 0 Å². The highest BCUT2D eigenvalue weighted by Crippen LogP contribution is 2.23. The van der Waals surface area contributed by atoms with Crippen LogP contribution in [0.2, 0.25) is 0 Å². The molecule has 118 valence electrons. The third kappa shape index (κ3) is 2.46. The van der Waals surface area contributed by atoms with E-state index in [-0.39, 0.29) is 11.3 Å². The summed E-state index contributed by atoms with van der Waals surface area (Å²) in [7, 11) is 0. The molecule has 23 heavy (non-hydrogen) atoms. The average molecular weight is 314 g/mol. The Morgan fingerprint density at radius 3 is 1.78 bits per heavy atom. The minimum Gasteiger partial charge on any atom is -0.548 e. The maximum Gasteiger partial charge on any atom is 0.209 e. The number of H-pyrrole nitrogens is 1. The quantitative estimate of drug-likeness (QED) is 0.433. The number of carboxylic acids is 3. The molecule has 2 rings (SSSR count). The Morgan fingerprint density at radius 1 is 0.783 bits per heavy atom. The van der Waals surface area contributed by atoms with Crippen LogP contribution in [0, 0.1) is 0 Å². The Balaban J connectivity index is 2.52. The lowest BCUT2D eigenvalue weighted by Crippen LogP contribution is -2.65. The molecule has 0 aliphatic rings. The summed E-state index contributed by atoms with van der Waals surface area (Å²) in [5, 5.41) is 33.3. The Labute approximate surface area is 129 Å². The van der Waals surface area contributed by atoms with Gasteiger partial charge in [-0.2, -0.15) is 0 Å². The molecule has 0 spiro atoms. The third-order valence-electron chi connectivity index (χ3n) is 3.29. The molecule has 1 aromatic heterocycles. The van der Waals surface area contributed by atoms with Crippen molar-refractivity contribution < 1.29 is 34.5 Å². The predicted octanol–water partition coefficient (Wildman–Crippen LogP) is -3.27. The molecule has 8 nitrogen and oxygen atoms in total. The summed E-state index contributed by atoms with van der Waals surface area (Å²) in [6, 6.07) is 9.71. The molecule has 0 radical (unpaired) electrons. The van der Waals surface area contributed by atoms with E-state index in [0.29, 0.717) is 0 Å². The number of hydrogen-bond acceptors (Lipinski definition) is 7. The molecule has 0 bridgehead atoms. The number of aromatic nitrogens is 1. The van der Waals surface area contributed by atoms with Crippen LogP contribution in [0.3, 0.4) is 0 Å². The maximum absolute atomic E-state index is 12.2. The lowest BCUT2D eigenvalue weighted by atomic mass is 9.85. The van der Waals surface area contributed by atoms with Crippen molar-refractivity contribution in [2.75, 3.05) is 0 Å². The summed E-state index contributed by atoms with van der Waals surface area (Å²) in [5.74, 6) is -7.92. The van der Waals surface area contributed by atoms with Crippen LogP contribution in [0.1, 0.15) is 21.7 Å². The zero-order valence-electron chi connectivity index (χ0n) is 11.4. The van der Waals surface area contributed by atoms with Gasteiger partial charge < -0.3 is 34.7 Å². The molecule has 0 atom stereocenters. The summed E-state index contributed by atoms with van der Waals surface area (Å²) in [6.07, 6.45) is 0. The zero-order valence-corrected chi connectivity index (χ0v) is 11.4. The average Bonchev–Trinajstić information content (AvgIpc) is 2.96. The van der Waals surface area contributed by atoms with Crippen LogP contribution in [0.15, 0.2) is 42.5 Å². The number of nitrogens with one attached hydrogen (secondary N) is 1. The van der Waals surface area contributed by atoms with Gasteiger partial charge in [0, 0.05) is 11.3 Å². The molecule has 0 unspecified atom stereocenters. The normalized spacial score (nSPS) is 11.0. The molecule has 0 saturated heterocycles. The molecule has 1 N–H and O–H groups in total. The summed E-state index contributed by atoms with van der Waals surface area (Å²) >= 11 is 0. The molecule has 1 heterocycles. The molecule has 0 aliphatic carbocycles. The van der Waals surface area contributed by atoms with E-state index < -0.39 is 34.8 Å². The molecular formula is C15H8NO7-3. The van der Waals surface area contributed by atoms with Crippen molar-refractivity contribution in [3.8, 4) is 0 Å². The smallest absolute Gasteiger partial charge is 0.209 e. The maximum atomic E-state index is 12.2. The van der Waals surface area contributed by atoms with Crippen molar-refractivity contribution in [3.05, 3.63) is 59.4 Å². The highest BCUT2D eigenvalue weighted by Gasteiger charge is 2.39. The van der Waals surface area contributed by atoms with E-state index in [1.54, 1.807) is 18.2 Å². The number of carbonyl (C=O) groups excluding carboxylic acids is 4. The van der Waals surface area contributed by atoms with Gasteiger partial charge in [0.05, 0.1) is 23.6 Å². The summed E-state index contributed by atoms with van der Waals surface area (Å²) in [6.45, 7) is 0. The second-order valence-corrected chi connectivity index (χ2v) is 4.59. The van der Waals surface area contributed by atoms with E-state index in [0.717, 1.165) is 12.1 Å². The first-order valence-corrected chi connectivity index (χ1v) is 6.25. The number of carbonyl (C=O) groups is 4. The second kappa shape index (κ2) is 5.76. The number of aromatic amines is 1. The number of rotatable bonds is 6. The van der Waals surface area contributed by atoms with Crippen molar-refractivity contribution in [3.63, 3.8) is 0 Å². The van der Waals surface area contributed by atoms with Crippen LogP contribution >= 0.6 is 0 Å². The number of carboxylic acid groups (broad SMARTS) is 3. The van der Waals surface area contributed by atoms with Gasteiger partial charge in [-0.05, 0) is 12.1 Å². The Hall–Kier alpha value is -3.42. The van der Waals surface area contributed by atoms with Crippen molar-refractivity contribution in [2.24, 2.45) is 0 Å². The summed E-state index contributed by atoms with van der Waals surface area (Å²) in [5.41, 5.74) is -4.31. The minimum atomic E-state index is -3.55. The number of benzene rings is 1. The fourth-order valence-corrected chi connectivity index (χ4v) is 2.07. The fraction of sp³-hybridized carbons (Fsp3) is 0.0667. The standard InChI is InChI=1S/C15H11NO7/c17-11(8-4-2-1-3-5-8)9-6-7-10(16-9)15(12(18)19,13(20)21)14(22)23/h1-7,16H,(H,18,19)(H,20,21)(H,22,23)/p-3. The monoisotopic (exact) mass is 314 g/mol. The van der Waals surface area contributed by atoms with Crippen LogP contribution in [0.25, 0.3) is 0 Å². The van der Waals surface area contributed by atoms with Gasteiger partial charge in [-0.1, -0.05) is 30.3 Å². The highest BCUT2D eigenvalue weighted by molar-refractivity contribution is 6.20. The molecule has 8 heteroatoms. The zero-order chi connectivity index (χ0) is 17.2. The first-order valence-electron chi connectivity index (χ1n) is 6.25. The van der Waals surface area contributed by atoms with Gasteiger partial charge in [0.2, 0.25) is 5.78 Å². The van der Waals surface area contributed by atoms with Crippen molar-refractivity contribution in [2.45, 2.75) is 5.41 Å². The van der Waals surface area contributed by atoms with Crippen molar-refractivity contribution >= 4 is 23.7 Å². The molecule has 0 saturated carbocycles. The molecule has 2 aromatic rings. The van der Waals surface area contributed by atoms with Gasteiger partial charge in [-0.3, -0.25) is 4.79 Å². The molecule has 0 fully saturated rings. The van der Waals surface area contributed by atoms with Crippen molar-refractivity contribution in [1.82, 2.24) is 4.98 Å². The van der Waals surface area contributed by atoms with Gasteiger partial charge in [-0.25, -0.2) is 0 Å². The predicted molar refractivity (Wildman–Crippen MR) is 67.4 cm³/mol. The second-order valence-electron chi connectivity index (χ2n) is 4.59. The van der Waals surface area contributed by atoms with Crippen molar-refractivity contribution in [1.29, 1.82) is 0 Å². The first-order chi connectivity index (χ1) is 10.8. The van der Waals surface area contributed by atoms with E-state index in [4.69, 9.17) is 0 Å². The van der Waals surface area contributed by atoms with Gasteiger partial charge >= 0.3 is 0 Å². The largest absolute Gasteiger partial charge is 0.548 e.